The SMILES string of the molecule is CCCC[C@@H](CC)C(O)/C=C/[C@@H]1[C@H]2CCCc3ccc(C(=O)O)cc3O[C@H]2C[C@H]1O. The minimum absolute atomic E-state index is 0.0439. The van der Waals surface area contributed by atoms with Gasteiger partial charge in [0.2, 0.25) is 0 Å². The van der Waals surface area contributed by atoms with E-state index in [1.165, 1.54) is 0 Å². The van der Waals surface area contributed by atoms with E-state index >= 15 is 0 Å². The fourth-order valence-electron chi connectivity index (χ4n) is 5.07. The van der Waals surface area contributed by atoms with E-state index in [0.717, 1.165) is 50.5 Å². The van der Waals surface area contributed by atoms with Gasteiger partial charge in [0.05, 0.1) is 17.8 Å². The maximum Gasteiger partial charge on any atom is 0.335 e. The Kier molecular flexibility index (Phi) is 7.95. The van der Waals surface area contributed by atoms with E-state index < -0.39 is 18.2 Å². The van der Waals surface area contributed by atoms with E-state index in [9.17, 15) is 20.1 Å². The van der Waals surface area contributed by atoms with Crippen LogP contribution in [0, 0.1) is 17.8 Å². The van der Waals surface area contributed by atoms with E-state index in [1.54, 1.807) is 12.1 Å². The van der Waals surface area contributed by atoms with Crippen LogP contribution in [0.15, 0.2) is 30.4 Å². The van der Waals surface area contributed by atoms with Gasteiger partial charge in [-0.1, -0.05) is 51.3 Å². The Morgan fingerprint density at radius 3 is 2.83 bits per heavy atom. The van der Waals surface area contributed by atoms with Gasteiger partial charge in [-0.3, -0.25) is 0 Å². The lowest BCUT2D eigenvalue weighted by Gasteiger charge is -2.28. The normalized spacial score (nSPS) is 28.1. The summed E-state index contributed by atoms with van der Waals surface area (Å²) in [6, 6.07) is 5.08. The topological polar surface area (TPSA) is 87.0 Å². The molecule has 1 fully saturated rings. The summed E-state index contributed by atoms with van der Waals surface area (Å²) in [7, 11) is 0. The first-order valence-electron chi connectivity index (χ1n) is 11.5. The number of aromatic carboxylic acids is 1. The molecular weight excluding hydrogens is 380 g/mol. The number of unbranched alkanes of at least 4 members (excludes halogenated alkanes) is 1. The number of carbonyl (C=O) groups is 1. The van der Waals surface area contributed by atoms with Gasteiger partial charge in [0, 0.05) is 18.3 Å². The van der Waals surface area contributed by atoms with Crippen LogP contribution in [0.4, 0.5) is 0 Å². The van der Waals surface area contributed by atoms with Gasteiger partial charge in [-0.25, -0.2) is 4.79 Å². The lowest BCUT2D eigenvalue weighted by atomic mass is 9.85. The molecule has 0 saturated heterocycles. The smallest absolute Gasteiger partial charge is 0.335 e. The molecule has 2 aliphatic rings. The third-order valence-electron chi connectivity index (χ3n) is 6.93. The average Bonchev–Trinajstić information content (AvgIpc) is 2.99. The van der Waals surface area contributed by atoms with Crippen LogP contribution in [0.5, 0.6) is 5.75 Å². The van der Waals surface area contributed by atoms with Gasteiger partial charge < -0.3 is 20.1 Å². The van der Waals surface area contributed by atoms with Crippen LogP contribution >= 0.6 is 0 Å². The summed E-state index contributed by atoms with van der Waals surface area (Å²) >= 11 is 0. The molecule has 0 bridgehead atoms. The molecule has 0 amide bonds. The maximum atomic E-state index is 11.3. The molecule has 0 spiro atoms. The Morgan fingerprint density at radius 1 is 1.33 bits per heavy atom. The molecule has 0 aromatic heterocycles. The van der Waals surface area contributed by atoms with E-state index in [4.69, 9.17) is 4.74 Å². The summed E-state index contributed by atoms with van der Waals surface area (Å²) in [4.78, 5) is 11.3. The number of hydrogen-bond acceptors (Lipinski definition) is 4. The van der Waals surface area contributed by atoms with Gasteiger partial charge in [0.15, 0.2) is 0 Å². The number of carboxylic acid groups (broad SMARTS) is 1. The molecule has 5 heteroatoms. The number of ether oxygens (including phenoxy) is 1. The first-order chi connectivity index (χ1) is 14.4. The van der Waals surface area contributed by atoms with Gasteiger partial charge in [-0.15, -0.1) is 0 Å². The van der Waals surface area contributed by atoms with Crippen LogP contribution in [0.25, 0.3) is 0 Å². The van der Waals surface area contributed by atoms with Gasteiger partial charge in [0.25, 0.3) is 0 Å². The Labute approximate surface area is 179 Å². The van der Waals surface area contributed by atoms with Crippen LogP contribution < -0.4 is 4.74 Å². The van der Waals surface area contributed by atoms with Crippen molar-refractivity contribution in [2.24, 2.45) is 17.8 Å². The molecule has 5 nitrogen and oxygen atoms in total. The van der Waals surface area contributed by atoms with Gasteiger partial charge in [-0.2, -0.15) is 0 Å². The van der Waals surface area contributed by atoms with Crippen molar-refractivity contribution in [3.63, 3.8) is 0 Å². The fourth-order valence-corrected chi connectivity index (χ4v) is 5.07. The molecule has 3 N–H and O–H groups in total. The van der Waals surface area contributed by atoms with Crippen molar-refractivity contribution in [1.29, 1.82) is 0 Å². The minimum Gasteiger partial charge on any atom is -0.490 e. The van der Waals surface area contributed by atoms with E-state index in [2.05, 4.69) is 13.8 Å². The molecule has 1 aliphatic heterocycles. The number of aryl methyl sites for hydroxylation is 1. The largest absolute Gasteiger partial charge is 0.490 e. The Balaban J connectivity index is 1.73. The highest BCUT2D eigenvalue weighted by atomic mass is 16.5. The van der Waals surface area contributed by atoms with E-state index in [1.807, 2.05) is 18.2 Å². The second kappa shape index (κ2) is 10.5. The highest BCUT2D eigenvalue weighted by Gasteiger charge is 2.43. The second-order valence-electron chi connectivity index (χ2n) is 8.91. The number of fused-ring (bicyclic) bond motifs is 2. The van der Waals surface area contributed by atoms with Gasteiger partial charge in [0.1, 0.15) is 11.9 Å². The molecule has 3 rings (SSSR count). The molecule has 1 aromatic carbocycles. The predicted molar refractivity (Wildman–Crippen MR) is 117 cm³/mol. The lowest BCUT2D eigenvalue weighted by molar-refractivity contribution is 0.0695. The van der Waals surface area contributed by atoms with Crippen LogP contribution in [0.3, 0.4) is 0 Å². The summed E-state index contributed by atoms with van der Waals surface area (Å²) in [5.41, 5.74) is 1.26. The molecule has 1 saturated carbocycles. The fraction of sp³-hybridized carbons (Fsp3) is 0.640. The second-order valence-corrected chi connectivity index (χ2v) is 8.91. The zero-order valence-corrected chi connectivity index (χ0v) is 18.2. The minimum atomic E-state index is -0.963. The third kappa shape index (κ3) is 5.25. The zero-order valence-electron chi connectivity index (χ0n) is 18.2. The molecular formula is C25H36O5. The molecule has 30 heavy (non-hydrogen) atoms. The number of aliphatic hydroxyl groups excluding tert-OH is 2. The summed E-state index contributed by atoms with van der Waals surface area (Å²) < 4.78 is 6.26. The van der Waals surface area contributed by atoms with Crippen LogP contribution in [0.2, 0.25) is 0 Å². The Hall–Kier alpha value is -1.85. The van der Waals surface area contributed by atoms with E-state index in [-0.39, 0.29) is 29.4 Å². The molecule has 6 atom stereocenters. The highest BCUT2D eigenvalue weighted by Crippen LogP contribution is 2.42. The number of carboxylic acids is 1. The third-order valence-corrected chi connectivity index (χ3v) is 6.93. The number of aliphatic hydroxyl groups is 2. The van der Waals surface area contributed by atoms with Gasteiger partial charge in [-0.05, 0) is 49.3 Å². The first-order valence-corrected chi connectivity index (χ1v) is 11.5. The average molecular weight is 417 g/mol. The highest BCUT2D eigenvalue weighted by molar-refractivity contribution is 5.88. The molecule has 1 unspecified atom stereocenters. The first kappa shape index (κ1) is 22.8. The van der Waals surface area contributed by atoms with Crippen LogP contribution in [0.1, 0.15) is 74.7 Å². The summed E-state index contributed by atoms with van der Waals surface area (Å²) in [5.74, 6) is 0.0469. The molecule has 166 valence electrons. The van der Waals surface area contributed by atoms with E-state index in [0.29, 0.717) is 12.2 Å². The summed E-state index contributed by atoms with van der Waals surface area (Å²) in [6.07, 6.45) is 10.2. The zero-order chi connectivity index (χ0) is 21.7. The van der Waals surface area contributed by atoms with Crippen molar-refractivity contribution in [3.8, 4) is 5.75 Å². The van der Waals surface area contributed by atoms with Crippen molar-refractivity contribution >= 4 is 5.97 Å². The van der Waals surface area contributed by atoms with Crippen molar-refractivity contribution in [1.82, 2.24) is 0 Å². The van der Waals surface area contributed by atoms with Crippen LogP contribution in [-0.4, -0.2) is 39.6 Å². The van der Waals surface area contributed by atoms with Crippen LogP contribution in [-0.2, 0) is 6.42 Å². The Morgan fingerprint density at radius 2 is 2.13 bits per heavy atom. The molecule has 1 aliphatic carbocycles. The van der Waals surface area contributed by atoms with Crippen molar-refractivity contribution < 1.29 is 24.9 Å². The maximum absolute atomic E-state index is 11.3. The molecule has 1 heterocycles. The molecule has 1 aromatic rings. The summed E-state index contributed by atoms with van der Waals surface area (Å²) in [6.45, 7) is 4.28. The van der Waals surface area contributed by atoms with Crippen molar-refractivity contribution in [2.45, 2.75) is 83.5 Å². The van der Waals surface area contributed by atoms with Crippen molar-refractivity contribution in [3.05, 3.63) is 41.5 Å². The number of hydrogen-bond donors (Lipinski definition) is 3. The molecule has 0 radical (unpaired) electrons. The number of rotatable bonds is 8. The number of benzene rings is 1. The quantitative estimate of drug-likeness (QED) is 0.539. The standard InChI is InChI=1S/C25H36O5/c1-3-5-7-16(4-2)21(26)13-12-19-20-9-6-8-17-10-11-18(25(28)29)14-23(17)30-24(20)15-22(19)27/h10-14,16,19-22,24,26-27H,3-9,15H2,1-2H3,(H,28,29)/b13-12+/t16-,19-,20-,21?,22-,24+/m1/s1. The Bertz CT molecular complexity index is 743. The van der Waals surface area contributed by atoms with Gasteiger partial charge >= 0.3 is 5.97 Å². The monoisotopic (exact) mass is 416 g/mol. The summed E-state index contributed by atoms with van der Waals surface area (Å²) in [5, 5.41) is 30.7. The lowest BCUT2D eigenvalue weighted by Crippen LogP contribution is -2.27. The predicted octanol–water partition coefficient (Wildman–Crippen LogP) is 4.60. The van der Waals surface area contributed by atoms with Crippen molar-refractivity contribution in [2.75, 3.05) is 0 Å².